The first kappa shape index (κ1) is 19.0. The third kappa shape index (κ3) is 4.90. The highest BCUT2D eigenvalue weighted by Gasteiger charge is 2.30. The van der Waals surface area contributed by atoms with E-state index in [4.69, 9.17) is 0 Å². The summed E-state index contributed by atoms with van der Waals surface area (Å²) in [4.78, 5) is 24.8. The molecule has 0 aliphatic heterocycles. The van der Waals surface area contributed by atoms with Gasteiger partial charge in [0.25, 0.3) is 0 Å². The van der Waals surface area contributed by atoms with Crippen molar-refractivity contribution >= 4 is 23.2 Å². The molecule has 2 N–H and O–H groups in total. The Hall–Kier alpha value is -2.76. The van der Waals surface area contributed by atoms with Gasteiger partial charge in [0.1, 0.15) is 0 Å². The molecule has 0 aromatic heterocycles. The summed E-state index contributed by atoms with van der Waals surface area (Å²) in [6.07, 6.45) is 2.41. The molecule has 6 heteroatoms. The van der Waals surface area contributed by atoms with E-state index in [1.165, 1.54) is 6.07 Å². The Morgan fingerprint density at radius 3 is 1.89 bits per heavy atom. The quantitative estimate of drug-likeness (QED) is 0.820. The van der Waals surface area contributed by atoms with Gasteiger partial charge in [-0.1, -0.05) is 12.1 Å². The van der Waals surface area contributed by atoms with Crippen molar-refractivity contribution in [1.82, 2.24) is 0 Å². The smallest absolute Gasteiger partial charge is 0.227 e. The summed E-state index contributed by atoms with van der Waals surface area (Å²) < 4.78 is 26.2. The molecule has 0 unspecified atom stereocenters. The zero-order valence-electron chi connectivity index (χ0n) is 15.1. The molecule has 142 valence electrons. The molecule has 1 aliphatic rings. The van der Waals surface area contributed by atoms with E-state index < -0.39 is 11.6 Å². The van der Waals surface area contributed by atoms with Crippen LogP contribution in [0, 0.1) is 30.4 Å². The number of nitrogens with one attached hydrogen (secondary N) is 2. The second-order valence-corrected chi connectivity index (χ2v) is 7.03. The lowest BCUT2D eigenvalue weighted by molar-refractivity contribution is -0.125. The lowest BCUT2D eigenvalue weighted by Crippen LogP contribution is -2.32. The van der Waals surface area contributed by atoms with Crippen LogP contribution in [0.4, 0.5) is 20.2 Å². The Kier molecular flexibility index (Phi) is 5.84. The van der Waals surface area contributed by atoms with Gasteiger partial charge in [0.2, 0.25) is 11.8 Å². The molecule has 1 saturated carbocycles. The van der Waals surface area contributed by atoms with E-state index in [-0.39, 0.29) is 29.3 Å². The molecule has 4 nitrogen and oxygen atoms in total. The highest BCUT2D eigenvalue weighted by atomic mass is 19.2. The molecule has 0 bridgehead atoms. The van der Waals surface area contributed by atoms with Crippen molar-refractivity contribution in [2.75, 3.05) is 10.6 Å². The van der Waals surface area contributed by atoms with Crippen molar-refractivity contribution in [1.29, 1.82) is 0 Å². The van der Waals surface area contributed by atoms with Crippen LogP contribution in [0.1, 0.15) is 31.2 Å². The number of carbonyl (C=O) groups excluding carboxylic acids is 2. The van der Waals surface area contributed by atoms with Crippen molar-refractivity contribution < 1.29 is 18.4 Å². The monoisotopic (exact) mass is 372 g/mol. The number of benzene rings is 2. The van der Waals surface area contributed by atoms with E-state index in [9.17, 15) is 18.4 Å². The lowest BCUT2D eigenvalue weighted by atomic mass is 9.81. The molecule has 1 aliphatic carbocycles. The van der Waals surface area contributed by atoms with Crippen LogP contribution < -0.4 is 10.6 Å². The van der Waals surface area contributed by atoms with E-state index in [0.717, 1.165) is 23.4 Å². The molecule has 2 aromatic rings. The van der Waals surface area contributed by atoms with Gasteiger partial charge >= 0.3 is 0 Å². The predicted molar refractivity (Wildman–Crippen MR) is 100 cm³/mol. The fourth-order valence-electron chi connectivity index (χ4n) is 3.40. The Bertz CT molecular complexity index is 846. The zero-order valence-corrected chi connectivity index (χ0v) is 15.1. The summed E-state index contributed by atoms with van der Waals surface area (Å²) in [5.74, 6) is -2.56. The molecule has 0 atom stereocenters. The van der Waals surface area contributed by atoms with E-state index in [1.54, 1.807) is 0 Å². The summed E-state index contributed by atoms with van der Waals surface area (Å²) in [6.45, 7) is 1.96. The third-order valence-corrected chi connectivity index (χ3v) is 4.94. The highest BCUT2D eigenvalue weighted by Crippen LogP contribution is 2.30. The Morgan fingerprint density at radius 1 is 0.815 bits per heavy atom. The van der Waals surface area contributed by atoms with Gasteiger partial charge < -0.3 is 10.6 Å². The number of halogens is 2. The van der Waals surface area contributed by atoms with E-state index in [1.807, 2.05) is 31.2 Å². The molecule has 0 saturated heterocycles. The fourth-order valence-corrected chi connectivity index (χ4v) is 3.40. The average Bonchev–Trinajstić information content (AvgIpc) is 2.65. The summed E-state index contributed by atoms with van der Waals surface area (Å²) >= 11 is 0. The van der Waals surface area contributed by atoms with Crippen molar-refractivity contribution in [3.63, 3.8) is 0 Å². The first-order valence-electron chi connectivity index (χ1n) is 9.06. The fraction of sp³-hybridized carbons (Fsp3) is 0.333. The lowest BCUT2D eigenvalue weighted by Gasteiger charge is -2.27. The van der Waals surface area contributed by atoms with Gasteiger partial charge in [-0.2, -0.15) is 0 Å². The van der Waals surface area contributed by atoms with Crippen LogP contribution in [0.5, 0.6) is 0 Å². The van der Waals surface area contributed by atoms with Crippen LogP contribution in [-0.2, 0) is 9.59 Å². The van der Waals surface area contributed by atoms with Crippen molar-refractivity contribution in [3.8, 4) is 0 Å². The normalized spacial score (nSPS) is 19.4. The maximum atomic E-state index is 13.2. The largest absolute Gasteiger partial charge is 0.326 e. The molecule has 1 fully saturated rings. The van der Waals surface area contributed by atoms with Crippen LogP contribution in [-0.4, -0.2) is 11.8 Å². The number of carbonyl (C=O) groups is 2. The molecule has 3 rings (SSSR count). The van der Waals surface area contributed by atoms with Crippen LogP contribution in [0.25, 0.3) is 0 Å². The summed E-state index contributed by atoms with van der Waals surface area (Å²) in [7, 11) is 0. The standard InChI is InChI=1S/C21H22F2N2O2/c1-13-3-2-4-16(11-13)24-20(26)14-5-7-15(8-6-14)21(27)25-17-9-10-18(22)19(23)12-17/h2-4,9-12,14-15H,5-8H2,1H3,(H,24,26)(H,25,27). The van der Waals surface area contributed by atoms with Crippen LogP contribution in [0.2, 0.25) is 0 Å². The molecular weight excluding hydrogens is 350 g/mol. The summed E-state index contributed by atoms with van der Waals surface area (Å²) in [5.41, 5.74) is 2.09. The van der Waals surface area contributed by atoms with Gasteiger partial charge in [-0.05, 0) is 62.4 Å². The van der Waals surface area contributed by atoms with Gasteiger partial charge in [0, 0.05) is 29.3 Å². The second kappa shape index (κ2) is 8.29. The van der Waals surface area contributed by atoms with Crippen molar-refractivity contribution in [3.05, 3.63) is 59.7 Å². The third-order valence-electron chi connectivity index (χ3n) is 4.94. The molecule has 0 spiro atoms. The molecule has 2 amide bonds. The first-order chi connectivity index (χ1) is 12.9. The number of hydrogen-bond donors (Lipinski definition) is 2. The minimum atomic E-state index is -0.996. The Balaban J connectivity index is 1.51. The minimum Gasteiger partial charge on any atom is -0.326 e. The predicted octanol–water partition coefficient (Wildman–Crippen LogP) is 4.66. The molecular formula is C21H22F2N2O2. The van der Waals surface area contributed by atoms with Gasteiger partial charge in [-0.3, -0.25) is 9.59 Å². The summed E-state index contributed by atoms with van der Waals surface area (Å²) in [6, 6.07) is 10.9. The Labute approximate surface area is 157 Å². The maximum Gasteiger partial charge on any atom is 0.227 e. The summed E-state index contributed by atoms with van der Waals surface area (Å²) in [5, 5.41) is 5.55. The highest BCUT2D eigenvalue weighted by molar-refractivity contribution is 5.94. The number of aryl methyl sites for hydroxylation is 1. The van der Waals surface area contributed by atoms with Crippen LogP contribution in [0.3, 0.4) is 0 Å². The van der Waals surface area contributed by atoms with Crippen LogP contribution >= 0.6 is 0 Å². The van der Waals surface area contributed by atoms with Crippen LogP contribution in [0.15, 0.2) is 42.5 Å². The van der Waals surface area contributed by atoms with Crippen molar-refractivity contribution in [2.24, 2.45) is 11.8 Å². The molecule has 0 radical (unpaired) electrons. The van der Waals surface area contributed by atoms with E-state index >= 15 is 0 Å². The van der Waals surface area contributed by atoms with E-state index in [0.29, 0.717) is 25.7 Å². The molecule has 0 heterocycles. The number of amides is 2. The zero-order chi connectivity index (χ0) is 19.4. The average molecular weight is 372 g/mol. The van der Waals surface area contributed by atoms with Gasteiger partial charge in [0.05, 0.1) is 0 Å². The number of anilines is 2. The van der Waals surface area contributed by atoms with Gasteiger partial charge in [0.15, 0.2) is 11.6 Å². The number of rotatable bonds is 4. The first-order valence-corrected chi connectivity index (χ1v) is 9.06. The topological polar surface area (TPSA) is 58.2 Å². The van der Waals surface area contributed by atoms with Gasteiger partial charge in [-0.15, -0.1) is 0 Å². The minimum absolute atomic E-state index is 0.0277. The maximum absolute atomic E-state index is 13.2. The molecule has 27 heavy (non-hydrogen) atoms. The van der Waals surface area contributed by atoms with E-state index in [2.05, 4.69) is 10.6 Å². The SMILES string of the molecule is Cc1cccc(NC(=O)C2CCC(C(=O)Nc3ccc(F)c(F)c3)CC2)c1. The second-order valence-electron chi connectivity index (χ2n) is 7.03. The van der Waals surface area contributed by atoms with Gasteiger partial charge in [-0.25, -0.2) is 8.78 Å². The number of hydrogen-bond acceptors (Lipinski definition) is 2. The van der Waals surface area contributed by atoms with Crippen molar-refractivity contribution in [2.45, 2.75) is 32.6 Å². The Morgan fingerprint density at radius 2 is 1.37 bits per heavy atom. The molecule has 2 aromatic carbocycles.